The van der Waals surface area contributed by atoms with E-state index >= 15 is 0 Å². The first kappa shape index (κ1) is 23.0. The van der Waals surface area contributed by atoms with E-state index in [0.717, 1.165) is 5.69 Å². The Hall–Kier alpha value is -2.65. The molecule has 0 spiro atoms. The number of ether oxygens (including phenoxy) is 1. The van der Waals surface area contributed by atoms with E-state index < -0.39 is 10.0 Å². The average molecular weight is 448 g/mol. The van der Waals surface area contributed by atoms with E-state index in [9.17, 15) is 18.0 Å². The maximum absolute atomic E-state index is 12.9. The minimum absolute atomic E-state index is 0.138. The number of aryl methyl sites for hydroxylation is 1. The van der Waals surface area contributed by atoms with Crippen LogP contribution in [0.1, 0.15) is 36.3 Å². The van der Waals surface area contributed by atoms with Gasteiger partial charge < -0.3 is 14.2 Å². The number of carbonyl (C=O) groups excluding carboxylic acids is 1. The number of hydrogen-bond acceptors (Lipinski definition) is 5. The zero-order valence-corrected chi connectivity index (χ0v) is 19.2. The lowest BCUT2D eigenvalue weighted by Crippen LogP contribution is -2.32. The fourth-order valence-electron chi connectivity index (χ4n) is 3.67. The van der Waals surface area contributed by atoms with Gasteiger partial charge in [0.2, 0.25) is 10.0 Å². The van der Waals surface area contributed by atoms with Crippen LogP contribution in [-0.2, 0) is 17.1 Å². The van der Waals surface area contributed by atoms with E-state index in [1.807, 2.05) is 6.92 Å². The number of sulfonamides is 1. The first-order valence-electron chi connectivity index (χ1n) is 10.4. The van der Waals surface area contributed by atoms with Gasteiger partial charge in [-0.3, -0.25) is 9.59 Å². The summed E-state index contributed by atoms with van der Waals surface area (Å²) in [6, 6.07) is 9.32. The molecule has 1 amide bonds. The molecular formula is C22H29N3O5S. The van der Waals surface area contributed by atoms with E-state index in [2.05, 4.69) is 0 Å². The summed E-state index contributed by atoms with van der Waals surface area (Å²) < 4.78 is 34.1. The number of benzene rings is 1. The predicted octanol–water partition coefficient (Wildman–Crippen LogP) is 2.02. The quantitative estimate of drug-likeness (QED) is 0.648. The lowest BCUT2D eigenvalue weighted by Gasteiger charge is -2.19. The molecular weight excluding hydrogens is 418 g/mol. The third-order valence-corrected chi connectivity index (χ3v) is 7.72. The highest BCUT2D eigenvalue weighted by Crippen LogP contribution is 2.21. The molecule has 1 aromatic carbocycles. The molecule has 9 heteroatoms. The molecule has 1 unspecified atom stereocenters. The molecule has 8 nitrogen and oxygen atoms in total. The van der Waals surface area contributed by atoms with Gasteiger partial charge in [0, 0.05) is 50.4 Å². The maximum Gasteiger partial charge on any atom is 0.254 e. The van der Waals surface area contributed by atoms with Crippen LogP contribution in [0.4, 0.5) is 0 Å². The standard InChI is InChI=1S/C22H29N3O5S/c1-5-25(6-2)31(28,29)20-9-7-17(8-10-20)22(27)24-12-11-18(15-24)30-19-13-16(3)23(4)21(26)14-19/h7-10,13-14,18H,5-6,11-12,15H2,1-4H3. The van der Waals surface area contributed by atoms with Gasteiger partial charge >= 0.3 is 0 Å². The molecule has 0 N–H and O–H groups in total. The van der Waals surface area contributed by atoms with Gasteiger partial charge in [0.15, 0.2) is 0 Å². The monoisotopic (exact) mass is 447 g/mol. The summed E-state index contributed by atoms with van der Waals surface area (Å²) in [7, 11) is -1.85. The SMILES string of the molecule is CCN(CC)S(=O)(=O)c1ccc(C(=O)N2CCC(Oc3cc(C)n(C)c(=O)c3)C2)cc1. The lowest BCUT2D eigenvalue weighted by atomic mass is 10.2. The summed E-state index contributed by atoms with van der Waals surface area (Å²) in [5.74, 6) is 0.337. The molecule has 0 aliphatic carbocycles. The number of likely N-dealkylation sites (tertiary alicyclic amines) is 1. The molecule has 1 saturated heterocycles. The van der Waals surface area contributed by atoms with Crippen molar-refractivity contribution >= 4 is 15.9 Å². The lowest BCUT2D eigenvalue weighted by molar-refractivity contribution is 0.0772. The van der Waals surface area contributed by atoms with E-state index in [0.29, 0.717) is 43.9 Å². The van der Waals surface area contributed by atoms with Gasteiger partial charge in [-0.15, -0.1) is 0 Å². The van der Waals surface area contributed by atoms with Crippen molar-refractivity contribution in [2.45, 2.75) is 38.2 Å². The van der Waals surface area contributed by atoms with Crippen LogP contribution in [0.25, 0.3) is 0 Å². The fourth-order valence-corrected chi connectivity index (χ4v) is 5.13. The Morgan fingerprint density at radius 2 is 1.81 bits per heavy atom. The zero-order chi connectivity index (χ0) is 22.8. The van der Waals surface area contributed by atoms with Crippen LogP contribution in [0.5, 0.6) is 5.75 Å². The molecule has 0 saturated carbocycles. The van der Waals surface area contributed by atoms with Crippen LogP contribution in [0.3, 0.4) is 0 Å². The first-order valence-corrected chi connectivity index (χ1v) is 11.8. The first-order chi connectivity index (χ1) is 14.7. The molecule has 0 radical (unpaired) electrons. The van der Waals surface area contributed by atoms with Gasteiger partial charge in [-0.1, -0.05) is 13.8 Å². The van der Waals surface area contributed by atoms with Gasteiger partial charge in [0.25, 0.3) is 11.5 Å². The van der Waals surface area contributed by atoms with Crippen molar-refractivity contribution in [3.8, 4) is 5.75 Å². The van der Waals surface area contributed by atoms with Crippen molar-refractivity contribution in [3.05, 3.63) is 58.0 Å². The Labute approximate surface area is 183 Å². The van der Waals surface area contributed by atoms with Gasteiger partial charge in [0.05, 0.1) is 11.4 Å². The summed E-state index contributed by atoms with van der Waals surface area (Å²) in [6.45, 7) is 7.14. The normalized spacial score (nSPS) is 16.7. The summed E-state index contributed by atoms with van der Waals surface area (Å²) in [4.78, 5) is 26.7. The zero-order valence-electron chi connectivity index (χ0n) is 18.4. The molecule has 1 atom stereocenters. The number of hydrogen-bond donors (Lipinski definition) is 0. The summed E-state index contributed by atoms with van der Waals surface area (Å²) in [5, 5.41) is 0. The van der Waals surface area contributed by atoms with Crippen molar-refractivity contribution in [1.29, 1.82) is 0 Å². The van der Waals surface area contributed by atoms with E-state index in [-0.39, 0.29) is 22.5 Å². The van der Waals surface area contributed by atoms with Gasteiger partial charge in [-0.05, 0) is 37.3 Å². The Balaban J connectivity index is 1.67. The Morgan fingerprint density at radius 1 is 1.16 bits per heavy atom. The van der Waals surface area contributed by atoms with E-state index in [1.54, 1.807) is 48.6 Å². The largest absolute Gasteiger partial charge is 0.488 e. The fraction of sp³-hybridized carbons (Fsp3) is 0.455. The topological polar surface area (TPSA) is 88.9 Å². The molecule has 0 bridgehead atoms. The van der Waals surface area contributed by atoms with Gasteiger partial charge in [-0.2, -0.15) is 4.31 Å². The Morgan fingerprint density at radius 3 is 2.39 bits per heavy atom. The van der Waals surface area contributed by atoms with Crippen LogP contribution < -0.4 is 10.3 Å². The third kappa shape index (κ3) is 4.83. The summed E-state index contributed by atoms with van der Waals surface area (Å²) in [6.07, 6.45) is 0.465. The van der Waals surface area contributed by atoms with Crippen LogP contribution >= 0.6 is 0 Å². The predicted molar refractivity (Wildman–Crippen MR) is 118 cm³/mol. The Kier molecular flexibility index (Phi) is 6.86. The highest BCUT2D eigenvalue weighted by molar-refractivity contribution is 7.89. The van der Waals surface area contributed by atoms with Crippen molar-refractivity contribution in [2.24, 2.45) is 7.05 Å². The highest BCUT2D eigenvalue weighted by atomic mass is 32.2. The van der Waals surface area contributed by atoms with Crippen molar-refractivity contribution in [1.82, 2.24) is 13.8 Å². The summed E-state index contributed by atoms with van der Waals surface area (Å²) in [5.41, 5.74) is 1.09. The third-order valence-electron chi connectivity index (χ3n) is 5.66. The highest BCUT2D eigenvalue weighted by Gasteiger charge is 2.29. The number of amides is 1. The molecule has 2 heterocycles. The van der Waals surface area contributed by atoms with Crippen molar-refractivity contribution < 1.29 is 17.9 Å². The molecule has 31 heavy (non-hydrogen) atoms. The van der Waals surface area contributed by atoms with Crippen LogP contribution in [-0.4, -0.2) is 60.4 Å². The van der Waals surface area contributed by atoms with Crippen molar-refractivity contribution in [3.63, 3.8) is 0 Å². The second-order valence-electron chi connectivity index (χ2n) is 7.62. The van der Waals surface area contributed by atoms with Crippen molar-refractivity contribution in [2.75, 3.05) is 26.2 Å². The van der Waals surface area contributed by atoms with Crippen LogP contribution in [0.2, 0.25) is 0 Å². The number of carbonyl (C=O) groups is 1. The smallest absolute Gasteiger partial charge is 0.254 e. The van der Waals surface area contributed by atoms with E-state index in [1.165, 1.54) is 22.5 Å². The van der Waals surface area contributed by atoms with Crippen LogP contribution in [0.15, 0.2) is 46.1 Å². The van der Waals surface area contributed by atoms with E-state index in [4.69, 9.17) is 4.74 Å². The molecule has 1 fully saturated rings. The minimum atomic E-state index is -3.56. The van der Waals surface area contributed by atoms with Gasteiger partial charge in [0.1, 0.15) is 11.9 Å². The number of aromatic nitrogens is 1. The number of pyridine rings is 1. The minimum Gasteiger partial charge on any atom is -0.488 e. The number of nitrogens with zero attached hydrogens (tertiary/aromatic N) is 3. The second-order valence-corrected chi connectivity index (χ2v) is 9.56. The van der Waals surface area contributed by atoms with Crippen LogP contribution in [0, 0.1) is 6.92 Å². The molecule has 1 aliphatic heterocycles. The maximum atomic E-state index is 12.9. The molecule has 3 rings (SSSR count). The second kappa shape index (κ2) is 9.23. The molecule has 168 valence electrons. The summed E-state index contributed by atoms with van der Waals surface area (Å²) >= 11 is 0. The van der Waals surface area contributed by atoms with Gasteiger partial charge in [-0.25, -0.2) is 8.42 Å². The molecule has 1 aliphatic rings. The average Bonchev–Trinajstić information content (AvgIpc) is 3.20. The Bertz CT molecular complexity index is 1100. The molecule has 1 aromatic heterocycles. The number of rotatable bonds is 7. The molecule has 2 aromatic rings.